The Balaban J connectivity index is 2.16. The molecule has 0 amide bonds. The molecular weight excluding hydrogens is 215 g/mol. The average molecular weight is 230 g/mol. The lowest BCUT2D eigenvalue weighted by molar-refractivity contribution is 0.633. The number of hydrogen-bond acceptors (Lipinski definition) is 2. The molecule has 0 spiro atoms. The van der Waals surface area contributed by atoms with Gasteiger partial charge in [-0.05, 0) is 42.3 Å². The molecule has 3 N–H and O–H groups in total. The van der Waals surface area contributed by atoms with Crippen molar-refractivity contribution in [3.8, 4) is 0 Å². The maximum Gasteiger partial charge on any atom is 0.148 e. The van der Waals surface area contributed by atoms with Gasteiger partial charge in [0.05, 0.1) is 5.69 Å². The number of rotatable bonds is 3. The van der Waals surface area contributed by atoms with Crippen LogP contribution >= 0.6 is 0 Å². The van der Waals surface area contributed by atoms with Crippen LogP contribution in [0.3, 0.4) is 0 Å². The van der Waals surface area contributed by atoms with Crippen molar-refractivity contribution in [1.82, 2.24) is 0 Å². The van der Waals surface area contributed by atoms with Gasteiger partial charge in [-0.15, -0.1) is 0 Å². The highest BCUT2D eigenvalue weighted by Crippen LogP contribution is 2.20. The number of nitrogen functional groups attached to an aromatic ring is 1. The molecule has 2 nitrogen and oxygen atoms in total. The molecule has 0 aromatic heterocycles. The van der Waals surface area contributed by atoms with Gasteiger partial charge < -0.3 is 11.1 Å². The molecule has 2 aromatic carbocycles. The number of nitrogens with one attached hydrogen (secondary N) is 1. The Bertz CT molecular complexity index is 506. The zero-order chi connectivity index (χ0) is 12.3. The van der Waals surface area contributed by atoms with Gasteiger partial charge >= 0.3 is 0 Å². The van der Waals surface area contributed by atoms with E-state index in [1.165, 1.54) is 11.6 Å². The lowest BCUT2D eigenvalue weighted by atomic mass is 10.1. The third-order valence-corrected chi connectivity index (χ3v) is 2.65. The summed E-state index contributed by atoms with van der Waals surface area (Å²) in [5.41, 5.74) is 8.49. The molecule has 0 saturated heterocycles. The van der Waals surface area contributed by atoms with E-state index in [2.05, 4.69) is 24.4 Å². The lowest BCUT2D eigenvalue weighted by Crippen LogP contribution is -1.94. The summed E-state index contributed by atoms with van der Waals surface area (Å²) in [5.74, 6) is -0.403. The molecular formula is C14H15FN2. The van der Waals surface area contributed by atoms with E-state index in [1.54, 1.807) is 12.1 Å². The minimum atomic E-state index is -0.403. The van der Waals surface area contributed by atoms with E-state index < -0.39 is 5.82 Å². The van der Waals surface area contributed by atoms with Crippen molar-refractivity contribution in [2.45, 2.75) is 13.3 Å². The van der Waals surface area contributed by atoms with Crippen molar-refractivity contribution in [2.24, 2.45) is 0 Å². The van der Waals surface area contributed by atoms with Crippen molar-refractivity contribution in [2.75, 3.05) is 11.1 Å². The maximum absolute atomic E-state index is 13.2. The van der Waals surface area contributed by atoms with Gasteiger partial charge in [0.15, 0.2) is 0 Å². The van der Waals surface area contributed by atoms with E-state index in [0.29, 0.717) is 5.69 Å². The Hall–Kier alpha value is -2.03. The molecule has 0 aliphatic rings. The second-order valence-corrected chi connectivity index (χ2v) is 3.91. The van der Waals surface area contributed by atoms with E-state index in [-0.39, 0.29) is 5.69 Å². The smallest absolute Gasteiger partial charge is 0.148 e. The van der Waals surface area contributed by atoms with Gasteiger partial charge in [0.2, 0.25) is 0 Å². The Morgan fingerprint density at radius 1 is 1.06 bits per heavy atom. The first-order valence-electron chi connectivity index (χ1n) is 5.60. The van der Waals surface area contributed by atoms with Crippen molar-refractivity contribution in [1.29, 1.82) is 0 Å². The molecule has 0 radical (unpaired) electrons. The fourth-order valence-electron chi connectivity index (χ4n) is 1.60. The van der Waals surface area contributed by atoms with Gasteiger partial charge in [-0.1, -0.05) is 19.1 Å². The summed E-state index contributed by atoms with van der Waals surface area (Å²) in [6, 6.07) is 12.8. The van der Waals surface area contributed by atoms with Crippen LogP contribution in [0.25, 0.3) is 0 Å². The highest BCUT2D eigenvalue weighted by atomic mass is 19.1. The van der Waals surface area contributed by atoms with Gasteiger partial charge in [-0.3, -0.25) is 0 Å². The monoisotopic (exact) mass is 230 g/mol. The van der Waals surface area contributed by atoms with Crippen molar-refractivity contribution < 1.29 is 4.39 Å². The van der Waals surface area contributed by atoms with Crippen molar-refractivity contribution in [3.05, 3.63) is 53.8 Å². The summed E-state index contributed by atoms with van der Waals surface area (Å²) < 4.78 is 13.2. The minimum absolute atomic E-state index is 0.164. The van der Waals surface area contributed by atoms with Crippen LogP contribution in [-0.2, 0) is 6.42 Å². The first-order chi connectivity index (χ1) is 8.19. The van der Waals surface area contributed by atoms with Crippen LogP contribution in [0.2, 0.25) is 0 Å². The Labute approximate surface area is 100 Å². The number of aryl methyl sites for hydroxylation is 1. The van der Waals surface area contributed by atoms with E-state index in [1.807, 2.05) is 12.1 Å². The molecule has 0 heterocycles. The Morgan fingerprint density at radius 3 is 2.29 bits per heavy atom. The second kappa shape index (κ2) is 4.87. The molecule has 0 aliphatic carbocycles. The Morgan fingerprint density at radius 2 is 1.71 bits per heavy atom. The highest BCUT2D eigenvalue weighted by Gasteiger charge is 2.00. The predicted octanol–water partition coefficient (Wildman–Crippen LogP) is 3.71. The molecule has 2 rings (SSSR count). The molecule has 0 bridgehead atoms. The molecule has 2 aromatic rings. The van der Waals surface area contributed by atoms with E-state index in [4.69, 9.17) is 5.73 Å². The van der Waals surface area contributed by atoms with E-state index in [9.17, 15) is 4.39 Å². The van der Waals surface area contributed by atoms with E-state index >= 15 is 0 Å². The largest absolute Gasteiger partial charge is 0.396 e. The highest BCUT2D eigenvalue weighted by molar-refractivity contribution is 5.62. The molecule has 0 atom stereocenters. The molecule has 17 heavy (non-hydrogen) atoms. The fourth-order valence-corrected chi connectivity index (χ4v) is 1.60. The van der Waals surface area contributed by atoms with E-state index in [0.717, 1.165) is 12.1 Å². The molecule has 0 fully saturated rings. The number of benzene rings is 2. The zero-order valence-corrected chi connectivity index (χ0v) is 9.70. The number of nitrogens with two attached hydrogens (primary N) is 1. The summed E-state index contributed by atoms with van der Waals surface area (Å²) >= 11 is 0. The first kappa shape index (κ1) is 11.5. The van der Waals surface area contributed by atoms with Gasteiger partial charge in [0.1, 0.15) is 5.82 Å². The van der Waals surface area contributed by atoms with Crippen LogP contribution in [-0.4, -0.2) is 0 Å². The third-order valence-electron chi connectivity index (χ3n) is 2.65. The van der Waals surface area contributed by atoms with Crippen LogP contribution in [0.1, 0.15) is 12.5 Å². The van der Waals surface area contributed by atoms with Crippen LogP contribution in [0.5, 0.6) is 0 Å². The maximum atomic E-state index is 13.2. The Kier molecular flexibility index (Phi) is 3.28. The van der Waals surface area contributed by atoms with Gasteiger partial charge in [0, 0.05) is 11.4 Å². The van der Waals surface area contributed by atoms with Crippen LogP contribution in [0.4, 0.5) is 21.5 Å². The van der Waals surface area contributed by atoms with Gasteiger partial charge in [-0.25, -0.2) is 4.39 Å². The molecule has 0 aliphatic heterocycles. The predicted molar refractivity (Wildman–Crippen MR) is 69.9 cm³/mol. The molecule has 0 unspecified atom stereocenters. The standard InChI is InChI=1S/C14H15FN2/c1-2-10-3-5-11(6-4-10)17-12-7-8-14(16)13(15)9-12/h3-9,17H,2,16H2,1H3. The SMILES string of the molecule is CCc1ccc(Nc2ccc(N)c(F)c2)cc1. The molecule has 0 saturated carbocycles. The van der Waals surface area contributed by atoms with Crippen LogP contribution in [0, 0.1) is 5.82 Å². The average Bonchev–Trinajstić information content (AvgIpc) is 2.35. The van der Waals surface area contributed by atoms with Crippen LogP contribution in [0.15, 0.2) is 42.5 Å². The second-order valence-electron chi connectivity index (χ2n) is 3.91. The molecule has 88 valence electrons. The van der Waals surface area contributed by atoms with Crippen LogP contribution < -0.4 is 11.1 Å². The summed E-state index contributed by atoms with van der Waals surface area (Å²) in [5, 5.41) is 3.13. The lowest BCUT2D eigenvalue weighted by Gasteiger charge is -2.08. The summed E-state index contributed by atoms with van der Waals surface area (Å²) in [6.45, 7) is 2.11. The van der Waals surface area contributed by atoms with Gasteiger partial charge in [-0.2, -0.15) is 0 Å². The fraction of sp³-hybridized carbons (Fsp3) is 0.143. The number of halogens is 1. The summed E-state index contributed by atoms with van der Waals surface area (Å²) in [4.78, 5) is 0. The quantitative estimate of drug-likeness (QED) is 0.789. The zero-order valence-electron chi connectivity index (χ0n) is 9.70. The molecule has 3 heteroatoms. The van der Waals surface area contributed by atoms with Crippen molar-refractivity contribution in [3.63, 3.8) is 0 Å². The number of hydrogen-bond donors (Lipinski definition) is 2. The topological polar surface area (TPSA) is 38.0 Å². The summed E-state index contributed by atoms with van der Waals surface area (Å²) in [7, 11) is 0. The minimum Gasteiger partial charge on any atom is -0.396 e. The summed E-state index contributed by atoms with van der Waals surface area (Å²) in [6.07, 6.45) is 1.01. The number of anilines is 3. The first-order valence-corrected chi connectivity index (χ1v) is 5.60. The van der Waals surface area contributed by atoms with Gasteiger partial charge in [0.25, 0.3) is 0 Å². The normalized spacial score (nSPS) is 10.2. The van der Waals surface area contributed by atoms with Crippen molar-refractivity contribution >= 4 is 17.1 Å². The third kappa shape index (κ3) is 2.75.